The van der Waals surface area contributed by atoms with Gasteiger partial charge in [0, 0.05) is 12.2 Å². The van der Waals surface area contributed by atoms with Crippen LogP contribution in [0, 0.1) is 0 Å². The Balaban J connectivity index is 2.16. The number of aromatic nitrogens is 1. The Morgan fingerprint density at radius 2 is 2.00 bits per heavy atom. The molecule has 0 saturated heterocycles. The summed E-state index contributed by atoms with van der Waals surface area (Å²) in [6.45, 7) is 2.24. The van der Waals surface area contributed by atoms with Crippen LogP contribution in [0.25, 0.3) is 0 Å². The molecule has 0 amide bonds. The van der Waals surface area contributed by atoms with Gasteiger partial charge in [-0.1, -0.05) is 45.1 Å². The second-order valence-corrected chi connectivity index (χ2v) is 4.06. The van der Waals surface area contributed by atoms with Gasteiger partial charge in [-0.25, -0.2) is 0 Å². The Morgan fingerprint density at radius 1 is 1.20 bits per heavy atom. The molecule has 0 bridgehead atoms. The van der Waals surface area contributed by atoms with Gasteiger partial charge in [-0.05, 0) is 18.6 Å². The first-order chi connectivity index (χ1) is 7.34. The van der Waals surface area contributed by atoms with Crippen LogP contribution in [0.4, 0.5) is 0 Å². The second kappa shape index (κ2) is 7.41. The number of pyridine rings is 1. The normalized spacial score (nSPS) is 12.7. The lowest BCUT2D eigenvalue weighted by atomic mass is 10.0. The summed E-state index contributed by atoms with van der Waals surface area (Å²) in [5.74, 6) is 0. The van der Waals surface area contributed by atoms with Crippen molar-refractivity contribution in [1.29, 1.82) is 0 Å². The Kier molecular flexibility index (Phi) is 6.02. The van der Waals surface area contributed by atoms with Gasteiger partial charge in [-0.2, -0.15) is 0 Å². The lowest BCUT2D eigenvalue weighted by Gasteiger charge is -2.10. The zero-order chi connectivity index (χ0) is 10.9. The van der Waals surface area contributed by atoms with Crippen LogP contribution >= 0.6 is 0 Å². The average Bonchev–Trinajstić information content (AvgIpc) is 2.30. The van der Waals surface area contributed by atoms with Crippen LogP contribution in [0.3, 0.4) is 0 Å². The number of hydrogen-bond donors (Lipinski definition) is 1. The molecule has 2 nitrogen and oxygen atoms in total. The van der Waals surface area contributed by atoms with Crippen molar-refractivity contribution in [2.24, 2.45) is 5.73 Å². The molecular formula is C13H22N2. The Morgan fingerprint density at radius 3 is 2.67 bits per heavy atom. The third-order valence-corrected chi connectivity index (χ3v) is 2.69. The summed E-state index contributed by atoms with van der Waals surface area (Å²) < 4.78 is 0. The second-order valence-electron chi connectivity index (χ2n) is 4.06. The van der Waals surface area contributed by atoms with Crippen molar-refractivity contribution in [2.75, 3.05) is 0 Å². The predicted molar refractivity (Wildman–Crippen MR) is 64.5 cm³/mol. The van der Waals surface area contributed by atoms with Gasteiger partial charge in [0.1, 0.15) is 0 Å². The maximum atomic E-state index is 6.05. The van der Waals surface area contributed by atoms with E-state index in [1.165, 1.54) is 32.1 Å². The first kappa shape index (κ1) is 12.2. The molecule has 84 valence electrons. The lowest BCUT2D eigenvalue weighted by Crippen LogP contribution is -2.11. The monoisotopic (exact) mass is 206 g/mol. The largest absolute Gasteiger partial charge is 0.323 e. The van der Waals surface area contributed by atoms with Crippen LogP contribution in [-0.2, 0) is 0 Å². The van der Waals surface area contributed by atoms with E-state index in [1.54, 1.807) is 0 Å². The van der Waals surface area contributed by atoms with Gasteiger partial charge in [0.25, 0.3) is 0 Å². The molecule has 2 heteroatoms. The molecule has 0 aliphatic heterocycles. The van der Waals surface area contributed by atoms with E-state index in [2.05, 4.69) is 11.9 Å². The topological polar surface area (TPSA) is 38.9 Å². The molecule has 1 heterocycles. The highest BCUT2D eigenvalue weighted by molar-refractivity contribution is 5.07. The van der Waals surface area contributed by atoms with Crippen LogP contribution in [0.5, 0.6) is 0 Å². The third-order valence-electron chi connectivity index (χ3n) is 2.69. The molecule has 1 atom stereocenters. The van der Waals surface area contributed by atoms with E-state index in [0.29, 0.717) is 0 Å². The molecular weight excluding hydrogens is 184 g/mol. The van der Waals surface area contributed by atoms with Gasteiger partial charge in [-0.15, -0.1) is 0 Å². The molecule has 0 radical (unpaired) electrons. The number of nitrogens with zero attached hydrogens (tertiary/aromatic N) is 1. The average molecular weight is 206 g/mol. The van der Waals surface area contributed by atoms with Crippen molar-refractivity contribution < 1.29 is 0 Å². The molecule has 2 N–H and O–H groups in total. The standard InChI is InChI=1S/C13H22N2/c1-2-3-4-5-6-9-12(14)13-10-7-8-11-15-13/h7-8,10-12H,2-6,9,14H2,1H3/t12-/m1/s1. The van der Waals surface area contributed by atoms with E-state index < -0.39 is 0 Å². The van der Waals surface area contributed by atoms with Crippen LogP contribution < -0.4 is 5.73 Å². The lowest BCUT2D eigenvalue weighted by molar-refractivity contribution is 0.548. The van der Waals surface area contributed by atoms with Crippen molar-refractivity contribution in [3.8, 4) is 0 Å². The zero-order valence-electron chi connectivity index (χ0n) is 9.65. The molecule has 0 aliphatic rings. The van der Waals surface area contributed by atoms with Crippen LogP contribution in [0.15, 0.2) is 24.4 Å². The predicted octanol–water partition coefficient (Wildman–Crippen LogP) is 3.44. The molecule has 0 aromatic carbocycles. The maximum Gasteiger partial charge on any atom is 0.0570 e. The van der Waals surface area contributed by atoms with Gasteiger partial charge in [-0.3, -0.25) is 4.98 Å². The number of rotatable bonds is 7. The van der Waals surface area contributed by atoms with Crippen molar-refractivity contribution in [3.63, 3.8) is 0 Å². The van der Waals surface area contributed by atoms with Gasteiger partial charge in [0.15, 0.2) is 0 Å². The number of unbranched alkanes of at least 4 members (excludes halogenated alkanes) is 4. The van der Waals surface area contributed by atoms with Crippen LogP contribution in [-0.4, -0.2) is 4.98 Å². The Hall–Kier alpha value is -0.890. The fourth-order valence-corrected chi connectivity index (χ4v) is 1.71. The summed E-state index contributed by atoms with van der Waals surface area (Å²) >= 11 is 0. The van der Waals surface area contributed by atoms with Gasteiger partial charge < -0.3 is 5.73 Å². The Labute approximate surface area is 92.9 Å². The summed E-state index contributed by atoms with van der Waals surface area (Å²) in [7, 11) is 0. The SMILES string of the molecule is CCCCCCC[C@@H](N)c1ccccn1. The van der Waals surface area contributed by atoms with Crippen LogP contribution in [0.2, 0.25) is 0 Å². The van der Waals surface area contributed by atoms with E-state index in [-0.39, 0.29) is 6.04 Å². The first-order valence-electron chi connectivity index (χ1n) is 6.01. The van der Waals surface area contributed by atoms with Crippen molar-refractivity contribution >= 4 is 0 Å². The minimum Gasteiger partial charge on any atom is -0.323 e. The van der Waals surface area contributed by atoms with E-state index in [0.717, 1.165) is 12.1 Å². The zero-order valence-corrected chi connectivity index (χ0v) is 9.65. The first-order valence-corrected chi connectivity index (χ1v) is 6.01. The molecule has 1 rings (SSSR count). The fraction of sp³-hybridized carbons (Fsp3) is 0.615. The van der Waals surface area contributed by atoms with E-state index >= 15 is 0 Å². The molecule has 0 unspecified atom stereocenters. The molecule has 0 saturated carbocycles. The number of hydrogen-bond acceptors (Lipinski definition) is 2. The highest BCUT2D eigenvalue weighted by Crippen LogP contribution is 2.15. The van der Waals surface area contributed by atoms with Gasteiger partial charge >= 0.3 is 0 Å². The highest BCUT2D eigenvalue weighted by Gasteiger charge is 2.05. The smallest absolute Gasteiger partial charge is 0.0570 e. The van der Waals surface area contributed by atoms with Gasteiger partial charge in [0.2, 0.25) is 0 Å². The molecule has 15 heavy (non-hydrogen) atoms. The number of nitrogens with two attached hydrogens (primary N) is 1. The van der Waals surface area contributed by atoms with Crippen molar-refractivity contribution in [1.82, 2.24) is 4.98 Å². The fourth-order valence-electron chi connectivity index (χ4n) is 1.71. The van der Waals surface area contributed by atoms with Crippen molar-refractivity contribution in [2.45, 2.75) is 51.5 Å². The molecule has 1 aromatic heterocycles. The molecule has 0 aliphatic carbocycles. The summed E-state index contributed by atoms with van der Waals surface area (Å²) in [5, 5.41) is 0. The van der Waals surface area contributed by atoms with Gasteiger partial charge in [0.05, 0.1) is 5.69 Å². The summed E-state index contributed by atoms with van der Waals surface area (Å²) in [4.78, 5) is 4.27. The third kappa shape index (κ3) is 4.93. The minimum atomic E-state index is 0.118. The van der Waals surface area contributed by atoms with E-state index in [4.69, 9.17) is 5.73 Å². The van der Waals surface area contributed by atoms with E-state index in [1.807, 2.05) is 24.4 Å². The maximum absolute atomic E-state index is 6.05. The van der Waals surface area contributed by atoms with Crippen molar-refractivity contribution in [3.05, 3.63) is 30.1 Å². The van der Waals surface area contributed by atoms with Crippen LogP contribution in [0.1, 0.15) is 57.2 Å². The molecule has 0 spiro atoms. The minimum absolute atomic E-state index is 0.118. The summed E-state index contributed by atoms with van der Waals surface area (Å²) in [6, 6.07) is 6.06. The summed E-state index contributed by atoms with van der Waals surface area (Å²) in [6.07, 6.45) is 9.37. The summed E-state index contributed by atoms with van der Waals surface area (Å²) in [5.41, 5.74) is 7.07. The Bertz CT molecular complexity index is 246. The molecule has 1 aromatic rings. The van der Waals surface area contributed by atoms with E-state index in [9.17, 15) is 0 Å². The quantitative estimate of drug-likeness (QED) is 0.694. The highest BCUT2D eigenvalue weighted by atomic mass is 14.8. The molecule has 0 fully saturated rings.